The Labute approximate surface area is 134 Å². The standard InChI is InChI=1S/C17H20ClNO3/c18-13-6-7-14-12(9-13)5-8-15(14)19-16(20)10-1-3-11(4-2-10)17(21)22/h6-7,9-11,15H,1-5,8H2,(H,19,20)(H,21,22). The minimum absolute atomic E-state index is 0.0491. The first kappa shape index (κ1) is 15.3. The van der Waals surface area contributed by atoms with Gasteiger partial charge in [-0.3, -0.25) is 9.59 Å². The van der Waals surface area contributed by atoms with Gasteiger partial charge in [-0.15, -0.1) is 0 Å². The molecule has 118 valence electrons. The van der Waals surface area contributed by atoms with E-state index in [0.717, 1.165) is 23.4 Å². The highest BCUT2D eigenvalue weighted by molar-refractivity contribution is 6.30. The molecule has 1 aromatic rings. The molecule has 1 aromatic carbocycles. The van der Waals surface area contributed by atoms with E-state index in [1.807, 2.05) is 18.2 Å². The van der Waals surface area contributed by atoms with Gasteiger partial charge in [0.15, 0.2) is 0 Å². The number of carboxylic acids is 1. The van der Waals surface area contributed by atoms with Crippen LogP contribution in [-0.4, -0.2) is 17.0 Å². The van der Waals surface area contributed by atoms with Gasteiger partial charge in [-0.1, -0.05) is 17.7 Å². The Hall–Kier alpha value is -1.55. The average Bonchev–Trinajstić information content (AvgIpc) is 2.89. The Morgan fingerprint density at radius 1 is 1.09 bits per heavy atom. The third kappa shape index (κ3) is 3.12. The maximum absolute atomic E-state index is 12.4. The van der Waals surface area contributed by atoms with Gasteiger partial charge in [-0.25, -0.2) is 0 Å². The van der Waals surface area contributed by atoms with Crippen LogP contribution in [0.3, 0.4) is 0 Å². The largest absolute Gasteiger partial charge is 0.481 e. The Morgan fingerprint density at radius 2 is 1.77 bits per heavy atom. The lowest BCUT2D eigenvalue weighted by molar-refractivity contribution is -0.144. The Kier molecular flexibility index (Phi) is 4.39. The van der Waals surface area contributed by atoms with Crippen molar-refractivity contribution < 1.29 is 14.7 Å². The van der Waals surface area contributed by atoms with Gasteiger partial charge in [0.05, 0.1) is 12.0 Å². The summed E-state index contributed by atoms with van der Waals surface area (Å²) >= 11 is 6.00. The number of amides is 1. The van der Waals surface area contributed by atoms with E-state index in [4.69, 9.17) is 16.7 Å². The third-order valence-electron chi connectivity index (χ3n) is 4.95. The molecule has 0 saturated heterocycles. The molecule has 4 nitrogen and oxygen atoms in total. The van der Waals surface area contributed by atoms with Crippen LogP contribution in [0, 0.1) is 11.8 Å². The number of carbonyl (C=O) groups excluding carboxylic acids is 1. The van der Waals surface area contributed by atoms with E-state index in [1.165, 1.54) is 5.56 Å². The number of halogens is 1. The molecular weight excluding hydrogens is 302 g/mol. The van der Waals surface area contributed by atoms with Crippen molar-refractivity contribution in [1.29, 1.82) is 0 Å². The summed E-state index contributed by atoms with van der Waals surface area (Å²) in [6.45, 7) is 0. The number of hydrogen-bond donors (Lipinski definition) is 2. The molecule has 5 heteroatoms. The molecule has 1 amide bonds. The predicted molar refractivity (Wildman–Crippen MR) is 83.7 cm³/mol. The summed E-state index contributed by atoms with van der Waals surface area (Å²) in [7, 11) is 0. The highest BCUT2D eigenvalue weighted by atomic mass is 35.5. The lowest BCUT2D eigenvalue weighted by atomic mass is 9.81. The van der Waals surface area contributed by atoms with Crippen molar-refractivity contribution in [3.63, 3.8) is 0 Å². The highest BCUT2D eigenvalue weighted by Gasteiger charge is 2.32. The van der Waals surface area contributed by atoms with Crippen molar-refractivity contribution in [3.05, 3.63) is 34.3 Å². The molecule has 1 saturated carbocycles. The molecule has 0 spiro atoms. The first-order valence-corrected chi connectivity index (χ1v) is 8.24. The summed E-state index contributed by atoms with van der Waals surface area (Å²) in [5, 5.41) is 12.9. The molecule has 1 atom stereocenters. The van der Waals surface area contributed by atoms with Crippen molar-refractivity contribution in [3.8, 4) is 0 Å². The topological polar surface area (TPSA) is 66.4 Å². The van der Waals surface area contributed by atoms with Crippen LogP contribution in [0.15, 0.2) is 18.2 Å². The van der Waals surface area contributed by atoms with Gasteiger partial charge in [0.25, 0.3) is 0 Å². The summed E-state index contributed by atoms with van der Waals surface area (Å²) in [5.74, 6) is -0.998. The Balaban J connectivity index is 1.59. The minimum atomic E-state index is -0.736. The SMILES string of the molecule is O=C(O)C1CCC(C(=O)NC2CCc3cc(Cl)ccc32)CC1. The second kappa shape index (κ2) is 6.29. The van der Waals surface area contributed by atoms with Crippen molar-refractivity contribution in [2.75, 3.05) is 0 Å². The molecule has 2 N–H and O–H groups in total. The molecule has 2 aliphatic rings. The molecule has 22 heavy (non-hydrogen) atoms. The van der Waals surface area contributed by atoms with E-state index in [0.29, 0.717) is 25.7 Å². The number of aliphatic carboxylic acids is 1. The maximum Gasteiger partial charge on any atom is 0.306 e. The van der Waals surface area contributed by atoms with E-state index in [9.17, 15) is 9.59 Å². The summed E-state index contributed by atoms with van der Waals surface area (Å²) in [5.41, 5.74) is 2.38. The number of hydrogen-bond acceptors (Lipinski definition) is 2. The molecule has 3 rings (SSSR count). The van der Waals surface area contributed by atoms with Gasteiger partial charge >= 0.3 is 5.97 Å². The molecule has 0 aromatic heterocycles. The second-order valence-electron chi connectivity index (χ2n) is 6.33. The van der Waals surface area contributed by atoms with Gasteiger partial charge in [-0.05, 0) is 61.8 Å². The van der Waals surface area contributed by atoms with E-state index in [1.54, 1.807) is 0 Å². The van der Waals surface area contributed by atoms with Crippen LogP contribution < -0.4 is 5.32 Å². The molecule has 0 heterocycles. The predicted octanol–water partition coefficient (Wildman–Crippen LogP) is 3.33. The van der Waals surface area contributed by atoms with Gasteiger partial charge in [0.1, 0.15) is 0 Å². The quantitative estimate of drug-likeness (QED) is 0.897. The molecule has 1 unspecified atom stereocenters. The number of carbonyl (C=O) groups is 2. The average molecular weight is 322 g/mol. The van der Waals surface area contributed by atoms with Crippen molar-refractivity contribution in [1.82, 2.24) is 5.32 Å². The molecule has 2 aliphatic carbocycles. The number of benzene rings is 1. The summed E-state index contributed by atoms with van der Waals surface area (Å²) in [6.07, 6.45) is 4.39. The lowest BCUT2D eigenvalue weighted by Gasteiger charge is -2.26. The molecule has 0 radical (unpaired) electrons. The van der Waals surface area contributed by atoms with Gasteiger partial charge in [-0.2, -0.15) is 0 Å². The smallest absolute Gasteiger partial charge is 0.306 e. The van der Waals surface area contributed by atoms with Crippen LogP contribution in [0.4, 0.5) is 0 Å². The molecule has 0 bridgehead atoms. The van der Waals surface area contributed by atoms with Crippen LogP contribution >= 0.6 is 11.6 Å². The monoisotopic (exact) mass is 321 g/mol. The number of carboxylic acid groups (broad SMARTS) is 1. The van der Waals surface area contributed by atoms with Crippen LogP contribution in [0.25, 0.3) is 0 Å². The Morgan fingerprint density at radius 3 is 2.45 bits per heavy atom. The number of nitrogens with one attached hydrogen (secondary N) is 1. The summed E-state index contributed by atoms with van der Waals surface area (Å²) in [4.78, 5) is 23.4. The van der Waals surface area contributed by atoms with E-state index >= 15 is 0 Å². The highest BCUT2D eigenvalue weighted by Crippen LogP contribution is 2.34. The van der Waals surface area contributed by atoms with Crippen molar-refractivity contribution in [2.24, 2.45) is 11.8 Å². The molecule has 0 aliphatic heterocycles. The fraction of sp³-hybridized carbons (Fsp3) is 0.529. The normalized spacial score (nSPS) is 27.2. The maximum atomic E-state index is 12.4. The third-order valence-corrected chi connectivity index (χ3v) is 5.18. The molecular formula is C17H20ClNO3. The van der Waals surface area contributed by atoms with Crippen LogP contribution in [0.1, 0.15) is 49.3 Å². The Bertz CT molecular complexity index is 594. The fourth-order valence-electron chi connectivity index (χ4n) is 3.63. The van der Waals surface area contributed by atoms with Crippen LogP contribution in [-0.2, 0) is 16.0 Å². The fourth-order valence-corrected chi connectivity index (χ4v) is 3.82. The van der Waals surface area contributed by atoms with Gasteiger partial charge in [0.2, 0.25) is 5.91 Å². The van der Waals surface area contributed by atoms with Gasteiger partial charge in [0, 0.05) is 10.9 Å². The summed E-state index contributed by atoms with van der Waals surface area (Å²) < 4.78 is 0. The summed E-state index contributed by atoms with van der Waals surface area (Å²) in [6, 6.07) is 5.90. The zero-order valence-electron chi connectivity index (χ0n) is 12.3. The molecule has 1 fully saturated rings. The van der Waals surface area contributed by atoms with E-state index in [2.05, 4.69) is 5.32 Å². The van der Waals surface area contributed by atoms with Crippen molar-refractivity contribution >= 4 is 23.5 Å². The van der Waals surface area contributed by atoms with Gasteiger partial charge < -0.3 is 10.4 Å². The first-order chi connectivity index (χ1) is 10.5. The van der Waals surface area contributed by atoms with Crippen molar-refractivity contribution in [2.45, 2.75) is 44.6 Å². The van der Waals surface area contributed by atoms with E-state index in [-0.39, 0.29) is 23.8 Å². The second-order valence-corrected chi connectivity index (χ2v) is 6.77. The zero-order valence-corrected chi connectivity index (χ0v) is 13.1. The van der Waals surface area contributed by atoms with E-state index < -0.39 is 5.97 Å². The number of rotatable bonds is 3. The number of fused-ring (bicyclic) bond motifs is 1. The lowest BCUT2D eigenvalue weighted by Crippen LogP contribution is -2.36. The number of aryl methyl sites for hydroxylation is 1. The van der Waals surface area contributed by atoms with Crippen LogP contribution in [0.2, 0.25) is 5.02 Å². The minimum Gasteiger partial charge on any atom is -0.481 e. The van der Waals surface area contributed by atoms with Crippen LogP contribution in [0.5, 0.6) is 0 Å². The first-order valence-electron chi connectivity index (χ1n) is 7.86. The zero-order chi connectivity index (χ0) is 15.7.